The molecule has 32 heavy (non-hydrogen) atoms. The summed E-state index contributed by atoms with van der Waals surface area (Å²) in [6.45, 7) is 9.67. The minimum atomic E-state index is -1.18. The van der Waals surface area contributed by atoms with Gasteiger partial charge in [-0.3, -0.25) is 9.59 Å². The number of azide groups is 1. The van der Waals surface area contributed by atoms with Gasteiger partial charge in [-0.15, -0.1) is 0 Å². The van der Waals surface area contributed by atoms with Gasteiger partial charge in [0.05, 0.1) is 6.04 Å². The Bertz CT molecular complexity index is 758. The Morgan fingerprint density at radius 2 is 2.09 bits per heavy atom. The third-order valence-electron chi connectivity index (χ3n) is 5.26. The summed E-state index contributed by atoms with van der Waals surface area (Å²) < 4.78 is 17.1. The van der Waals surface area contributed by atoms with Crippen LogP contribution in [0.1, 0.15) is 47.5 Å². The number of ether oxygens (including phenoxy) is 3. The van der Waals surface area contributed by atoms with E-state index in [1.54, 1.807) is 19.9 Å². The molecular weight excluding hydrogens is 418 g/mol. The SMILES string of the molecule is CO[C@@H](C(=O)N[C@H]1CC[C@H](N=[N+]=[N-])CNC1=O)[C@@H]1OC(C)(C)O[C@H](/C=C/C(C)(C)C)[C@H]1O. The maximum absolute atomic E-state index is 13.0. The Kier molecular flexibility index (Phi) is 8.67. The summed E-state index contributed by atoms with van der Waals surface area (Å²) in [5, 5.41) is 19.9. The van der Waals surface area contributed by atoms with E-state index in [4.69, 9.17) is 19.7 Å². The lowest BCUT2D eigenvalue weighted by Crippen LogP contribution is -2.62. The van der Waals surface area contributed by atoms with Gasteiger partial charge in [-0.25, -0.2) is 0 Å². The van der Waals surface area contributed by atoms with Crippen molar-refractivity contribution in [3.05, 3.63) is 22.6 Å². The number of methoxy groups -OCH3 is 1. The number of allylic oxidation sites excluding steroid dienone is 1. The van der Waals surface area contributed by atoms with Crippen LogP contribution in [0, 0.1) is 5.41 Å². The molecule has 3 N–H and O–H groups in total. The summed E-state index contributed by atoms with van der Waals surface area (Å²) in [4.78, 5) is 28.2. The zero-order chi connectivity index (χ0) is 24.1. The Morgan fingerprint density at radius 3 is 2.69 bits per heavy atom. The summed E-state index contributed by atoms with van der Waals surface area (Å²) >= 11 is 0. The average Bonchev–Trinajstić information content (AvgIpc) is 2.85. The van der Waals surface area contributed by atoms with Crippen LogP contribution in [0.25, 0.3) is 10.4 Å². The van der Waals surface area contributed by atoms with Crippen LogP contribution >= 0.6 is 0 Å². The highest BCUT2D eigenvalue weighted by molar-refractivity contribution is 5.89. The molecule has 2 rings (SSSR count). The first-order valence-corrected chi connectivity index (χ1v) is 10.7. The molecule has 0 saturated carbocycles. The van der Waals surface area contributed by atoms with E-state index in [9.17, 15) is 14.7 Å². The molecule has 0 aromatic carbocycles. The summed E-state index contributed by atoms with van der Waals surface area (Å²) in [5.74, 6) is -2.03. The van der Waals surface area contributed by atoms with Crippen molar-refractivity contribution in [1.29, 1.82) is 0 Å². The van der Waals surface area contributed by atoms with Crippen LogP contribution < -0.4 is 10.6 Å². The summed E-state index contributed by atoms with van der Waals surface area (Å²) in [6.07, 6.45) is 0.351. The van der Waals surface area contributed by atoms with Gasteiger partial charge in [0.2, 0.25) is 5.91 Å². The third-order valence-corrected chi connectivity index (χ3v) is 5.26. The zero-order valence-corrected chi connectivity index (χ0v) is 19.6. The largest absolute Gasteiger partial charge is 0.387 e. The van der Waals surface area contributed by atoms with Crippen LogP contribution in [0.2, 0.25) is 0 Å². The number of nitrogens with zero attached hydrogens (tertiary/aromatic N) is 3. The van der Waals surface area contributed by atoms with E-state index < -0.39 is 42.2 Å². The van der Waals surface area contributed by atoms with Crippen LogP contribution in [0.5, 0.6) is 0 Å². The number of carbonyl (C=O) groups is 2. The molecule has 11 nitrogen and oxygen atoms in total. The van der Waals surface area contributed by atoms with Gasteiger partial charge >= 0.3 is 0 Å². The molecule has 2 aliphatic heterocycles. The van der Waals surface area contributed by atoms with Gasteiger partial charge in [0.15, 0.2) is 11.9 Å². The van der Waals surface area contributed by atoms with Gasteiger partial charge in [-0.05, 0) is 37.6 Å². The number of carbonyl (C=O) groups excluding carboxylic acids is 2. The van der Waals surface area contributed by atoms with Crippen LogP contribution in [0.4, 0.5) is 0 Å². The molecule has 2 heterocycles. The van der Waals surface area contributed by atoms with Crippen molar-refractivity contribution in [1.82, 2.24) is 10.6 Å². The number of amides is 2. The maximum atomic E-state index is 13.0. The monoisotopic (exact) mass is 453 g/mol. The second kappa shape index (κ2) is 10.6. The molecule has 2 saturated heterocycles. The fourth-order valence-corrected chi connectivity index (χ4v) is 3.67. The van der Waals surface area contributed by atoms with E-state index in [0.717, 1.165) is 0 Å². The molecule has 0 bridgehead atoms. The molecule has 180 valence electrons. The molecule has 2 aliphatic rings. The number of hydrogen-bond donors (Lipinski definition) is 3. The number of rotatable bonds is 6. The highest BCUT2D eigenvalue weighted by Gasteiger charge is 2.48. The quantitative estimate of drug-likeness (QED) is 0.240. The highest BCUT2D eigenvalue weighted by Crippen LogP contribution is 2.31. The summed E-state index contributed by atoms with van der Waals surface area (Å²) in [7, 11) is 1.34. The lowest BCUT2D eigenvalue weighted by molar-refractivity contribution is -0.334. The van der Waals surface area contributed by atoms with Gasteiger partial charge in [0.25, 0.3) is 5.91 Å². The first-order valence-electron chi connectivity index (χ1n) is 10.7. The Morgan fingerprint density at radius 1 is 1.41 bits per heavy atom. The standard InChI is InChI=1S/C21H35N5O6/c1-20(2,3)10-9-14-15(27)16(32-21(4,5)31-14)17(30-6)19(29)24-13-8-7-12(25-26-22)11-23-18(13)28/h9-10,12-17,27H,7-8,11H2,1-6H3,(H,23,28)(H,24,29)/b10-9+/t12-,13-,14+,15+,16+,17+/m0/s1. The smallest absolute Gasteiger partial charge is 0.252 e. The van der Waals surface area contributed by atoms with Crippen LogP contribution in [0.15, 0.2) is 17.3 Å². The fourth-order valence-electron chi connectivity index (χ4n) is 3.67. The number of nitrogens with one attached hydrogen (secondary N) is 2. The van der Waals surface area contributed by atoms with E-state index in [0.29, 0.717) is 12.8 Å². The van der Waals surface area contributed by atoms with E-state index in [2.05, 4.69) is 20.7 Å². The van der Waals surface area contributed by atoms with Gasteiger partial charge in [-0.1, -0.05) is 38.0 Å². The Balaban J connectivity index is 2.16. The molecule has 2 amide bonds. The Labute approximate surface area is 188 Å². The normalized spacial score (nSPS) is 31.8. The number of hydrogen-bond acceptors (Lipinski definition) is 7. The highest BCUT2D eigenvalue weighted by atomic mass is 16.7. The van der Waals surface area contributed by atoms with Crippen molar-refractivity contribution in [2.75, 3.05) is 13.7 Å². The molecule has 11 heteroatoms. The number of aliphatic hydroxyl groups excluding tert-OH is 1. The van der Waals surface area contributed by atoms with E-state index >= 15 is 0 Å². The summed E-state index contributed by atoms with van der Waals surface area (Å²) in [6, 6.07) is -1.19. The van der Waals surface area contributed by atoms with Crippen molar-refractivity contribution in [2.24, 2.45) is 10.5 Å². The second-order valence-electron chi connectivity index (χ2n) is 9.68. The average molecular weight is 454 g/mol. The van der Waals surface area contributed by atoms with Crippen LogP contribution in [0.3, 0.4) is 0 Å². The lowest BCUT2D eigenvalue weighted by Gasteiger charge is -2.45. The first kappa shape index (κ1) is 26.1. The predicted molar refractivity (Wildman–Crippen MR) is 116 cm³/mol. The van der Waals surface area contributed by atoms with Crippen molar-refractivity contribution < 1.29 is 28.9 Å². The van der Waals surface area contributed by atoms with Crippen LogP contribution in [-0.2, 0) is 23.8 Å². The predicted octanol–water partition coefficient (Wildman–Crippen LogP) is 1.56. The molecule has 0 spiro atoms. The molecular formula is C21H35N5O6. The van der Waals surface area contributed by atoms with Gasteiger partial charge < -0.3 is 30.0 Å². The van der Waals surface area contributed by atoms with Crippen LogP contribution in [-0.4, -0.2) is 72.9 Å². The molecule has 0 unspecified atom stereocenters. The second-order valence-corrected chi connectivity index (χ2v) is 9.68. The van der Waals surface area contributed by atoms with Gasteiger partial charge in [0.1, 0.15) is 24.4 Å². The minimum absolute atomic E-state index is 0.126. The van der Waals surface area contributed by atoms with Crippen molar-refractivity contribution in [3.8, 4) is 0 Å². The molecule has 0 aliphatic carbocycles. The van der Waals surface area contributed by atoms with Crippen molar-refractivity contribution in [3.63, 3.8) is 0 Å². The minimum Gasteiger partial charge on any atom is -0.387 e. The van der Waals surface area contributed by atoms with E-state index in [-0.39, 0.29) is 23.9 Å². The number of aliphatic hydroxyl groups is 1. The maximum Gasteiger partial charge on any atom is 0.252 e. The lowest BCUT2D eigenvalue weighted by atomic mass is 9.93. The van der Waals surface area contributed by atoms with Gasteiger partial charge in [-0.2, -0.15) is 0 Å². The topological polar surface area (TPSA) is 155 Å². The van der Waals surface area contributed by atoms with E-state index in [1.807, 2.05) is 26.8 Å². The molecule has 6 atom stereocenters. The first-order chi connectivity index (χ1) is 14.9. The molecule has 0 radical (unpaired) electrons. The molecule has 0 aromatic rings. The Hall–Kier alpha value is -2.17. The van der Waals surface area contributed by atoms with Crippen molar-refractivity contribution >= 4 is 11.8 Å². The zero-order valence-electron chi connectivity index (χ0n) is 19.6. The fraction of sp³-hybridized carbons (Fsp3) is 0.810. The molecule has 2 fully saturated rings. The third kappa shape index (κ3) is 7.18. The molecule has 0 aromatic heterocycles. The van der Waals surface area contributed by atoms with Crippen molar-refractivity contribution in [2.45, 2.75) is 89.7 Å². The van der Waals surface area contributed by atoms with Gasteiger partial charge in [0, 0.05) is 18.6 Å². The van der Waals surface area contributed by atoms with E-state index in [1.165, 1.54) is 7.11 Å². The summed E-state index contributed by atoms with van der Waals surface area (Å²) in [5.41, 5.74) is 8.49.